The minimum Gasteiger partial charge on any atom is -0.369 e. The van der Waals surface area contributed by atoms with Gasteiger partial charge in [-0.05, 0) is 18.6 Å². The van der Waals surface area contributed by atoms with E-state index < -0.39 is 15.6 Å². The molecule has 0 aliphatic carbocycles. The lowest BCUT2D eigenvalue weighted by molar-refractivity contribution is -0.181. The van der Waals surface area contributed by atoms with Gasteiger partial charge in [0.25, 0.3) is 5.91 Å². The van der Waals surface area contributed by atoms with Gasteiger partial charge in [0.1, 0.15) is 5.69 Å². The highest BCUT2D eigenvalue weighted by molar-refractivity contribution is 7.91. The van der Waals surface area contributed by atoms with Gasteiger partial charge in [0, 0.05) is 39.0 Å². The van der Waals surface area contributed by atoms with Crippen molar-refractivity contribution >= 4 is 21.4 Å². The third-order valence-electron chi connectivity index (χ3n) is 5.76. The van der Waals surface area contributed by atoms with Gasteiger partial charge < -0.3 is 19.3 Å². The Morgan fingerprint density at radius 3 is 2.52 bits per heavy atom. The zero-order valence-corrected chi connectivity index (χ0v) is 16.3. The van der Waals surface area contributed by atoms with Crippen LogP contribution in [-0.4, -0.2) is 80.9 Å². The molecule has 1 aromatic rings. The molecule has 1 amide bonds. The Morgan fingerprint density at radius 1 is 1.26 bits per heavy atom. The van der Waals surface area contributed by atoms with Crippen LogP contribution in [0.2, 0.25) is 0 Å². The first kappa shape index (κ1) is 18.6. The average Bonchev–Trinajstić information content (AvgIpc) is 3.28. The fourth-order valence-corrected chi connectivity index (χ4v) is 5.79. The molecule has 0 saturated carbocycles. The van der Waals surface area contributed by atoms with Crippen LogP contribution in [0.25, 0.3) is 0 Å². The van der Waals surface area contributed by atoms with Gasteiger partial charge in [-0.3, -0.25) is 4.79 Å². The number of likely N-dealkylation sites (tertiary alicyclic amines) is 1. The summed E-state index contributed by atoms with van der Waals surface area (Å²) in [5.41, 5.74) is 1.22. The lowest BCUT2D eigenvalue weighted by Gasteiger charge is -2.37. The normalized spacial score (nSPS) is 26.4. The summed E-state index contributed by atoms with van der Waals surface area (Å²) in [6.45, 7) is 2.41. The van der Waals surface area contributed by atoms with Crippen LogP contribution in [0.1, 0.15) is 29.8 Å². The van der Waals surface area contributed by atoms with E-state index in [1.165, 1.54) is 0 Å². The highest BCUT2D eigenvalue weighted by atomic mass is 32.2. The lowest BCUT2D eigenvalue weighted by atomic mass is 10.0. The van der Waals surface area contributed by atoms with Gasteiger partial charge in [-0.25, -0.2) is 13.4 Å². The molecule has 1 atom stereocenters. The topological polar surface area (TPSA) is 89.0 Å². The zero-order valence-electron chi connectivity index (χ0n) is 15.5. The molecule has 1 aromatic heterocycles. The van der Waals surface area contributed by atoms with Crippen molar-refractivity contribution in [3.63, 3.8) is 0 Å². The average molecular weight is 395 g/mol. The molecule has 0 aromatic carbocycles. The van der Waals surface area contributed by atoms with E-state index in [9.17, 15) is 13.2 Å². The van der Waals surface area contributed by atoms with Crippen LogP contribution in [0.4, 0.5) is 5.69 Å². The van der Waals surface area contributed by atoms with Crippen molar-refractivity contribution in [2.75, 3.05) is 49.8 Å². The molecule has 4 heterocycles. The Kier molecular flexibility index (Phi) is 4.85. The number of sulfone groups is 1. The molecule has 0 radical (unpaired) electrons. The summed E-state index contributed by atoms with van der Waals surface area (Å²) in [7, 11) is -1.07. The van der Waals surface area contributed by atoms with E-state index in [-0.39, 0.29) is 23.5 Å². The molecule has 9 heteroatoms. The Bertz CT molecular complexity index is 795. The number of amides is 1. The van der Waals surface area contributed by atoms with Gasteiger partial charge in [-0.2, -0.15) is 0 Å². The number of piperidine rings is 1. The van der Waals surface area contributed by atoms with E-state index in [2.05, 4.69) is 4.98 Å². The Hall–Kier alpha value is -1.71. The maximum Gasteiger partial charge on any atom is 0.272 e. The summed E-state index contributed by atoms with van der Waals surface area (Å²) in [6, 6.07) is 3.51. The second-order valence-corrected chi connectivity index (χ2v) is 9.70. The number of carbonyl (C=O) groups excluding carboxylic acids is 1. The van der Waals surface area contributed by atoms with Gasteiger partial charge in [0.2, 0.25) is 0 Å². The minimum atomic E-state index is -2.94. The van der Waals surface area contributed by atoms with Crippen LogP contribution in [0.3, 0.4) is 0 Å². The van der Waals surface area contributed by atoms with E-state index in [0.29, 0.717) is 51.3 Å². The largest absolute Gasteiger partial charge is 0.369 e. The molecule has 3 fully saturated rings. The molecule has 0 N–H and O–H groups in total. The maximum absolute atomic E-state index is 12.7. The predicted octanol–water partition coefficient (Wildman–Crippen LogP) is 0.684. The molecule has 8 nitrogen and oxygen atoms in total. The fourth-order valence-electron chi connectivity index (χ4n) is 4.01. The number of carbonyl (C=O) groups is 1. The predicted molar refractivity (Wildman–Crippen MR) is 99.5 cm³/mol. The number of pyridine rings is 1. The fraction of sp³-hybridized carbons (Fsp3) is 0.667. The van der Waals surface area contributed by atoms with Crippen molar-refractivity contribution in [1.29, 1.82) is 0 Å². The van der Waals surface area contributed by atoms with Crippen molar-refractivity contribution in [1.82, 2.24) is 9.88 Å². The molecular formula is C18H25N3O5S. The first-order valence-corrected chi connectivity index (χ1v) is 11.2. The summed E-state index contributed by atoms with van der Waals surface area (Å²) in [5.74, 6) is -0.196. The number of aromatic nitrogens is 1. The molecule has 3 saturated heterocycles. The van der Waals surface area contributed by atoms with Crippen molar-refractivity contribution in [3.05, 3.63) is 24.0 Å². The second-order valence-electron chi connectivity index (χ2n) is 7.47. The van der Waals surface area contributed by atoms with Crippen LogP contribution in [0.15, 0.2) is 18.3 Å². The van der Waals surface area contributed by atoms with Crippen molar-refractivity contribution in [2.24, 2.45) is 0 Å². The SMILES string of the molecule is CN(c1ccc(C(=O)N2CCC3(CC2)OCCO3)nc1)C1CCS(=O)(=O)C1. The highest BCUT2D eigenvalue weighted by Gasteiger charge is 2.41. The molecule has 1 unspecified atom stereocenters. The molecule has 0 bridgehead atoms. The van der Waals surface area contributed by atoms with Gasteiger partial charge in [-0.15, -0.1) is 0 Å². The van der Waals surface area contributed by atoms with Gasteiger partial charge in [0.05, 0.1) is 36.6 Å². The van der Waals surface area contributed by atoms with Crippen LogP contribution < -0.4 is 4.90 Å². The number of hydrogen-bond donors (Lipinski definition) is 0. The summed E-state index contributed by atoms with van der Waals surface area (Å²) in [6.07, 6.45) is 3.62. The lowest BCUT2D eigenvalue weighted by Crippen LogP contribution is -2.47. The number of rotatable bonds is 3. The molecule has 3 aliphatic rings. The quantitative estimate of drug-likeness (QED) is 0.744. The Labute approximate surface area is 159 Å². The van der Waals surface area contributed by atoms with Crippen LogP contribution in [0.5, 0.6) is 0 Å². The first-order valence-electron chi connectivity index (χ1n) is 9.34. The molecule has 1 spiro atoms. The first-order chi connectivity index (χ1) is 12.9. The molecule has 27 heavy (non-hydrogen) atoms. The molecule has 148 valence electrons. The number of ether oxygens (including phenoxy) is 2. The molecule has 3 aliphatic heterocycles. The van der Waals surface area contributed by atoms with Crippen molar-refractivity contribution in [2.45, 2.75) is 31.1 Å². The monoisotopic (exact) mass is 395 g/mol. The Balaban J connectivity index is 1.38. The highest BCUT2D eigenvalue weighted by Crippen LogP contribution is 2.31. The second kappa shape index (κ2) is 7.03. The smallest absolute Gasteiger partial charge is 0.272 e. The number of hydrogen-bond acceptors (Lipinski definition) is 7. The summed E-state index contributed by atoms with van der Waals surface area (Å²) in [5, 5.41) is 0. The van der Waals surface area contributed by atoms with Crippen molar-refractivity contribution < 1.29 is 22.7 Å². The van der Waals surface area contributed by atoms with E-state index >= 15 is 0 Å². The van der Waals surface area contributed by atoms with Gasteiger partial charge in [-0.1, -0.05) is 0 Å². The summed E-state index contributed by atoms with van der Waals surface area (Å²) >= 11 is 0. The number of anilines is 1. The van der Waals surface area contributed by atoms with Crippen LogP contribution >= 0.6 is 0 Å². The van der Waals surface area contributed by atoms with Crippen LogP contribution in [0, 0.1) is 0 Å². The summed E-state index contributed by atoms with van der Waals surface area (Å²) < 4.78 is 34.7. The van der Waals surface area contributed by atoms with Gasteiger partial charge >= 0.3 is 0 Å². The number of nitrogens with zero attached hydrogens (tertiary/aromatic N) is 3. The minimum absolute atomic E-state index is 0.0388. The van der Waals surface area contributed by atoms with Crippen LogP contribution in [-0.2, 0) is 19.3 Å². The maximum atomic E-state index is 12.7. The molecular weight excluding hydrogens is 370 g/mol. The van der Waals surface area contributed by atoms with E-state index in [1.54, 1.807) is 17.2 Å². The third-order valence-corrected chi connectivity index (χ3v) is 7.51. The zero-order chi connectivity index (χ0) is 19.1. The van der Waals surface area contributed by atoms with E-state index in [4.69, 9.17) is 9.47 Å². The molecule has 4 rings (SSSR count). The van der Waals surface area contributed by atoms with E-state index in [1.807, 2.05) is 18.0 Å². The van der Waals surface area contributed by atoms with Gasteiger partial charge in [0.15, 0.2) is 15.6 Å². The Morgan fingerprint density at radius 2 is 1.96 bits per heavy atom. The summed E-state index contributed by atoms with van der Waals surface area (Å²) in [4.78, 5) is 20.8. The van der Waals surface area contributed by atoms with E-state index in [0.717, 1.165) is 5.69 Å². The standard InChI is InChI=1S/C18H25N3O5S/c1-20(15-4-11-27(23,24)13-15)14-2-3-16(19-12-14)17(22)21-7-5-18(6-8-21)25-9-10-26-18/h2-3,12,15H,4-11,13H2,1H3. The van der Waals surface area contributed by atoms with Crippen molar-refractivity contribution in [3.8, 4) is 0 Å². The third kappa shape index (κ3) is 3.81.